The third-order valence-electron chi connectivity index (χ3n) is 1.08. The molecule has 0 aliphatic carbocycles. The van der Waals surface area contributed by atoms with E-state index in [2.05, 4.69) is 4.74 Å². The molecule has 2 nitrogen and oxygen atoms in total. The summed E-state index contributed by atoms with van der Waals surface area (Å²) < 4.78 is 41.3. The van der Waals surface area contributed by atoms with E-state index in [0.29, 0.717) is 0 Å². The summed E-state index contributed by atoms with van der Waals surface area (Å²) in [6, 6.07) is 0. The first kappa shape index (κ1) is 12.3. The molecule has 0 rings (SSSR count). The van der Waals surface area contributed by atoms with Crippen LogP contribution in [-0.2, 0) is 4.74 Å². The Morgan fingerprint density at radius 3 is 2.00 bits per heavy atom. The van der Waals surface area contributed by atoms with Gasteiger partial charge in [0.05, 0.1) is 27.7 Å². The van der Waals surface area contributed by atoms with Crippen molar-refractivity contribution in [2.45, 2.75) is 13.1 Å². The number of halogens is 3. The number of nitrogens with zero attached hydrogens (tertiary/aromatic N) is 1. The second-order valence-electron chi connectivity index (χ2n) is 3.54. The van der Waals surface area contributed by atoms with E-state index in [4.69, 9.17) is 0 Å². The van der Waals surface area contributed by atoms with Crippen molar-refractivity contribution in [2.24, 2.45) is 0 Å². The summed E-state index contributed by atoms with van der Waals surface area (Å²) in [5.41, 5.74) is 0. The zero-order valence-electron chi connectivity index (χ0n) is 8.27. The molecule has 0 saturated heterocycles. The summed E-state index contributed by atoms with van der Waals surface area (Å²) in [4.78, 5) is 0. The maximum atomic E-state index is 12.2. The molecular weight excluding hydrogens is 183 g/mol. The number of hydrogen-bond donors (Lipinski definition) is 0. The van der Waals surface area contributed by atoms with Crippen LogP contribution in [0.2, 0.25) is 0 Å². The Morgan fingerprint density at radius 1 is 1.31 bits per heavy atom. The summed E-state index contributed by atoms with van der Waals surface area (Å²) in [5.74, 6) is -0.928. The highest BCUT2D eigenvalue weighted by Crippen LogP contribution is 2.27. The van der Waals surface area contributed by atoms with Gasteiger partial charge in [-0.15, -0.1) is 0 Å². The topological polar surface area (TPSA) is 9.23 Å². The molecule has 0 bridgehead atoms. The fourth-order valence-electron chi connectivity index (χ4n) is 0.700. The molecule has 0 aromatic heterocycles. The minimum atomic E-state index is -4.40. The molecule has 13 heavy (non-hydrogen) atoms. The lowest BCUT2D eigenvalue weighted by Gasteiger charge is -2.20. The van der Waals surface area contributed by atoms with Gasteiger partial charge in [-0.3, -0.25) is 0 Å². The summed E-state index contributed by atoms with van der Waals surface area (Å²) >= 11 is 0. The molecule has 0 radical (unpaired) electrons. The minimum Gasteiger partial charge on any atom is -0.486 e. The highest BCUT2D eigenvalue weighted by molar-refractivity contribution is 4.95. The maximum Gasteiger partial charge on any atom is 0.454 e. The van der Waals surface area contributed by atoms with Gasteiger partial charge in [-0.2, -0.15) is 13.2 Å². The standard InChI is InChI=1S/C8H15F3NO/c1-5-13-7(8(9,10)11)6-12(2,3)4/h6H,5H2,1-4H3/q+1. The largest absolute Gasteiger partial charge is 0.486 e. The number of ether oxygens (including phenoxy) is 1. The van der Waals surface area contributed by atoms with Gasteiger partial charge in [0, 0.05) is 0 Å². The lowest BCUT2D eigenvalue weighted by atomic mass is 10.4. The second kappa shape index (κ2) is 4.00. The van der Waals surface area contributed by atoms with Crippen LogP contribution in [0, 0.1) is 0 Å². The van der Waals surface area contributed by atoms with Gasteiger partial charge in [-0.1, -0.05) is 0 Å². The van der Waals surface area contributed by atoms with Crippen LogP contribution in [0.4, 0.5) is 13.2 Å². The van der Waals surface area contributed by atoms with Gasteiger partial charge >= 0.3 is 6.18 Å². The highest BCUT2D eigenvalue weighted by atomic mass is 19.4. The molecule has 78 valence electrons. The van der Waals surface area contributed by atoms with Crippen LogP contribution >= 0.6 is 0 Å². The molecule has 0 saturated carbocycles. The van der Waals surface area contributed by atoms with Crippen molar-refractivity contribution in [1.29, 1.82) is 0 Å². The van der Waals surface area contributed by atoms with E-state index in [1.165, 1.54) is 6.92 Å². The van der Waals surface area contributed by atoms with Crippen molar-refractivity contribution in [3.63, 3.8) is 0 Å². The molecule has 0 spiro atoms. The number of hydrogen-bond acceptors (Lipinski definition) is 1. The predicted octanol–water partition coefficient (Wildman–Crippen LogP) is 2.13. The molecule has 0 heterocycles. The van der Waals surface area contributed by atoms with Crippen molar-refractivity contribution >= 4 is 0 Å². The molecule has 0 aromatic carbocycles. The number of alkyl halides is 3. The van der Waals surface area contributed by atoms with Gasteiger partial charge in [-0.25, -0.2) is 0 Å². The Hall–Kier alpha value is -0.710. The second-order valence-corrected chi connectivity index (χ2v) is 3.54. The van der Waals surface area contributed by atoms with Crippen molar-refractivity contribution in [2.75, 3.05) is 27.7 Å². The smallest absolute Gasteiger partial charge is 0.454 e. The first-order valence-electron chi connectivity index (χ1n) is 3.91. The summed E-state index contributed by atoms with van der Waals surface area (Å²) in [6.07, 6.45) is -3.37. The Balaban J connectivity index is 4.71. The van der Waals surface area contributed by atoms with E-state index < -0.39 is 11.9 Å². The van der Waals surface area contributed by atoms with Crippen LogP contribution in [0.1, 0.15) is 6.92 Å². The van der Waals surface area contributed by atoms with Crippen LogP contribution < -0.4 is 0 Å². The molecule has 0 aliphatic heterocycles. The van der Waals surface area contributed by atoms with Crippen LogP contribution in [-0.4, -0.2) is 38.4 Å². The van der Waals surface area contributed by atoms with Crippen molar-refractivity contribution in [3.05, 3.63) is 12.0 Å². The van der Waals surface area contributed by atoms with Gasteiger partial charge in [0.2, 0.25) is 0 Å². The Morgan fingerprint density at radius 2 is 1.77 bits per heavy atom. The average Bonchev–Trinajstić information content (AvgIpc) is 1.81. The molecule has 0 aromatic rings. The molecule has 5 heteroatoms. The molecule has 0 amide bonds. The molecule has 0 N–H and O–H groups in total. The minimum absolute atomic E-state index is 0.0192. The maximum absolute atomic E-state index is 12.2. The Kier molecular flexibility index (Phi) is 3.78. The molecule has 0 aliphatic rings. The quantitative estimate of drug-likeness (QED) is 0.498. The van der Waals surface area contributed by atoms with Gasteiger partial charge in [0.15, 0.2) is 0 Å². The first-order chi connectivity index (χ1) is 5.67. The Labute approximate surface area is 76.2 Å². The highest BCUT2D eigenvalue weighted by Gasteiger charge is 2.38. The van der Waals surface area contributed by atoms with E-state index in [1.54, 1.807) is 21.1 Å². The van der Waals surface area contributed by atoms with Gasteiger partial charge < -0.3 is 9.22 Å². The first-order valence-corrected chi connectivity index (χ1v) is 3.91. The van der Waals surface area contributed by atoms with E-state index in [-0.39, 0.29) is 11.1 Å². The van der Waals surface area contributed by atoms with Crippen molar-refractivity contribution < 1.29 is 22.4 Å². The molecular formula is C8H15F3NO+. The number of rotatable bonds is 3. The lowest BCUT2D eigenvalue weighted by molar-refractivity contribution is -0.818. The van der Waals surface area contributed by atoms with Crippen molar-refractivity contribution in [3.8, 4) is 0 Å². The van der Waals surface area contributed by atoms with E-state index >= 15 is 0 Å². The van der Waals surface area contributed by atoms with Gasteiger partial charge in [0.1, 0.15) is 6.20 Å². The SMILES string of the molecule is CCOC(=C[N+](C)(C)C)C(F)(F)F. The fourth-order valence-corrected chi connectivity index (χ4v) is 0.700. The number of quaternary nitrogens is 1. The van der Waals surface area contributed by atoms with E-state index in [1.807, 2.05) is 0 Å². The number of allylic oxidation sites excluding steroid dienone is 1. The van der Waals surface area contributed by atoms with Gasteiger partial charge in [0.25, 0.3) is 5.76 Å². The third-order valence-corrected chi connectivity index (χ3v) is 1.08. The van der Waals surface area contributed by atoms with Crippen LogP contribution in [0.5, 0.6) is 0 Å². The Bertz CT molecular complexity index is 191. The molecule has 0 atom stereocenters. The van der Waals surface area contributed by atoms with Crippen molar-refractivity contribution in [1.82, 2.24) is 0 Å². The zero-order chi connectivity index (χ0) is 10.7. The molecule has 0 unspecified atom stereocenters. The lowest BCUT2D eigenvalue weighted by Crippen LogP contribution is -2.30. The average molecular weight is 198 g/mol. The summed E-state index contributed by atoms with van der Waals surface area (Å²) in [5, 5.41) is 0. The zero-order valence-corrected chi connectivity index (χ0v) is 8.27. The van der Waals surface area contributed by atoms with Crippen LogP contribution in [0.25, 0.3) is 0 Å². The summed E-state index contributed by atoms with van der Waals surface area (Å²) in [6.45, 7) is 1.54. The van der Waals surface area contributed by atoms with Crippen LogP contribution in [0.3, 0.4) is 0 Å². The van der Waals surface area contributed by atoms with E-state index in [9.17, 15) is 13.2 Å². The normalized spacial score (nSPS) is 14.5. The third kappa shape index (κ3) is 5.52. The predicted molar refractivity (Wildman–Crippen MR) is 43.8 cm³/mol. The monoisotopic (exact) mass is 198 g/mol. The van der Waals surface area contributed by atoms with E-state index in [0.717, 1.165) is 6.20 Å². The molecule has 0 fully saturated rings. The van der Waals surface area contributed by atoms with Gasteiger partial charge in [-0.05, 0) is 6.92 Å². The van der Waals surface area contributed by atoms with Crippen LogP contribution in [0.15, 0.2) is 12.0 Å². The summed E-state index contributed by atoms with van der Waals surface area (Å²) in [7, 11) is 4.89. The fraction of sp³-hybridized carbons (Fsp3) is 0.750.